The summed E-state index contributed by atoms with van der Waals surface area (Å²) in [7, 11) is 0. The van der Waals surface area contributed by atoms with Crippen molar-refractivity contribution in [2.75, 3.05) is 13.1 Å². The highest BCUT2D eigenvalue weighted by atomic mass is 16.6. The van der Waals surface area contributed by atoms with E-state index < -0.39 is 11.2 Å². The molecule has 2 rings (SSSR count). The minimum Gasteiger partial charge on any atom is -0.444 e. The molecule has 6 heteroatoms. The molecule has 110 valence electrons. The van der Waals surface area contributed by atoms with E-state index in [9.17, 15) is 9.90 Å². The van der Waals surface area contributed by atoms with Crippen molar-refractivity contribution in [1.29, 1.82) is 0 Å². The van der Waals surface area contributed by atoms with Gasteiger partial charge in [-0.3, -0.25) is 0 Å². The van der Waals surface area contributed by atoms with Gasteiger partial charge >= 0.3 is 6.09 Å². The number of hydrogen-bond donors (Lipinski definition) is 1. The number of hydrogen-bond acceptors (Lipinski definition) is 5. The number of likely N-dealkylation sites (tertiary alicyclic amines) is 1. The highest BCUT2D eigenvalue weighted by Crippen LogP contribution is 2.30. The SMILES string of the molecule is CC(C)(C)OC(=O)N1CCC(O)(c2ncccn2)CC1. The number of aliphatic hydroxyl groups is 1. The Labute approximate surface area is 118 Å². The number of amides is 1. The maximum atomic E-state index is 12.0. The van der Waals surface area contributed by atoms with Crippen molar-refractivity contribution in [1.82, 2.24) is 14.9 Å². The van der Waals surface area contributed by atoms with Crippen LogP contribution in [0.5, 0.6) is 0 Å². The predicted octanol–water partition coefficient (Wildman–Crippen LogP) is 1.70. The lowest BCUT2D eigenvalue weighted by Crippen LogP contribution is -2.47. The van der Waals surface area contributed by atoms with E-state index in [1.165, 1.54) is 0 Å². The van der Waals surface area contributed by atoms with Crippen molar-refractivity contribution in [3.63, 3.8) is 0 Å². The molecule has 6 nitrogen and oxygen atoms in total. The Hall–Kier alpha value is -1.69. The van der Waals surface area contributed by atoms with Crippen LogP contribution in [0.25, 0.3) is 0 Å². The average molecular weight is 279 g/mol. The Morgan fingerprint density at radius 2 is 1.85 bits per heavy atom. The van der Waals surface area contributed by atoms with Gasteiger partial charge in [0.15, 0.2) is 5.82 Å². The zero-order chi connectivity index (χ0) is 14.8. The van der Waals surface area contributed by atoms with Crippen LogP contribution in [0.1, 0.15) is 39.4 Å². The molecular formula is C14H21N3O3. The zero-order valence-electron chi connectivity index (χ0n) is 12.2. The summed E-state index contributed by atoms with van der Waals surface area (Å²) in [4.78, 5) is 21.8. The molecule has 0 unspecified atom stereocenters. The van der Waals surface area contributed by atoms with E-state index in [-0.39, 0.29) is 6.09 Å². The van der Waals surface area contributed by atoms with E-state index in [1.807, 2.05) is 20.8 Å². The molecule has 1 N–H and O–H groups in total. The number of carbonyl (C=O) groups is 1. The predicted molar refractivity (Wildman–Crippen MR) is 73.0 cm³/mol. The van der Waals surface area contributed by atoms with Gasteiger partial charge in [0.2, 0.25) is 0 Å². The smallest absolute Gasteiger partial charge is 0.410 e. The normalized spacial score (nSPS) is 18.7. The fourth-order valence-corrected chi connectivity index (χ4v) is 2.15. The van der Waals surface area contributed by atoms with Gasteiger partial charge in [0.1, 0.15) is 11.2 Å². The number of rotatable bonds is 1. The summed E-state index contributed by atoms with van der Waals surface area (Å²) in [5.74, 6) is 0.420. The summed E-state index contributed by atoms with van der Waals surface area (Å²) in [6, 6.07) is 1.71. The van der Waals surface area contributed by atoms with Crippen LogP contribution in [-0.4, -0.2) is 44.8 Å². The van der Waals surface area contributed by atoms with Gasteiger partial charge in [0, 0.05) is 38.3 Å². The summed E-state index contributed by atoms with van der Waals surface area (Å²) in [6.07, 6.45) is 3.71. The van der Waals surface area contributed by atoms with Crippen molar-refractivity contribution < 1.29 is 14.6 Å². The zero-order valence-corrected chi connectivity index (χ0v) is 12.2. The van der Waals surface area contributed by atoms with Crippen molar-refractivity contribution in [3.8, 4) is 0 Å². The molecule has 1 aromatic heterocycles. The molecule has 0 aromatic carbocycles. The van der Waals surface area contributed by atoms with Crippen LogP contribution in [0.3, 0.4) is 0 Å². The topological polar surface area (TPSA) is 75.5 Å². The molecule has 1 aromatic rings. The second-order valence-corrected chi connectivity index (χ2v) is 6.07. The standard InChI is InChI=1S/C14H21N3O3/c1-13(2,3)20-12(18)17-9-5-14(19,6-10-17)11-15-7-4-8-16-11/h4,7-8,19H,5-6,9-10H2,1-3H3. The molecule has 1 saturated heterocycles. The van der Waals surface area contributed by atoms with E-state index >= 15 is 0 Å². The molecule has 1 amide bonds. The number of ether oxygens (including phenoxy) is 1. The molecular weight excluding hydrogens is 258 g/mol. The first-order chi connectivity index (χ1) is 9.30. The third-order valence-corrected chi connectivity index (χ3v) is 3.22. The van der Waals surface area contributed by atoms with E-state index in [0.717, 1.165) is 0 Å². The summed E-state index contributed by atoms with van der Waals surface area (Å²) < 4.78 is 5.33. The largest absolute Gasteiger partial charge is 0.444 e. The monoisotopic (exact) mass is 279 g/mol. The van der Waals surface area contributed by atoms with Gasteiger partial charge < -0.3 is 14.7 Å². The molecule has 2 heterocycles. The van der Waals surface area contributed by atoms with Gasteiger partial charge in [-0.25, -0.2) is 14.8 Å². The first kappa shape index (κ1) is 14.7. The van der Waals surface area contributed by atoms with Gasteiger partial charge in [0.25, 0.3) is 0 Å². The van der Waals surface area contributed by atoms with Crippen molar-refractivity contribution >= 4 is 6.09 Å². The second kappa shape index (κ2) is 5.36. The highest BCUT2D eigenvalue weighted by molar-refractivity contribution is 5.68. The Kier molecular flexibility index (Phi) is 3.94. The summed E-state index contributed by atoms with van der Waals surface area (Å²) >= 11 is 0. The van der Waals surface area contributed by atoms with Crippen molar-refractivity contribution in [2.45, 2.75) is 44.8 Å². The lowest BCUT2D eigenvalue weighted by atomic mass is 9.90. The third-order valence-electron chi connectivity index (χ3n) is 3.22. The van der Waals surface area contributed by atoms with Crippen LogP contribution in [0, 0.1) is 0 Å². The lowest BCUT2D eigenvalue weighted by Gasteiger charge is -2.37. The van der Waals surface area contributed by atoms with Crippen LogP contribution in [-0.2, 0) is 10.3 Å². The fraction of sp³-hybridized carbons (Fsp3) is 0.643. The van der Waals surface area contributed by atoms with Gasteiger partial charge in [-0.1, -0.05) is 0 Å². The molecule has 20 heavy (non-hydrogen) atoms. The van der Waals surface area contributed by atoms with Gasteiger partial charge in [-0.05, 0) is 26.8 Å². The minimum atomic E-state index is -1.06. The van der Waals surface area contributed by atoms with Crippen LogP contribution in [0.15, 0.2) is 18.5 Å². The Bertz CT molecular complexity index is 462. The van der Waals surface area contributed by atoms with Crippen LogP contribution >= 0.6 is 0 Å². The first-order valence-electron chi connectivity index (χ1n) is 6.78. The second-order valence-electron chi connectivity index (χ2n) is 6.07. The molecule has 1 aliphatic heterocycles. The molecule has 0 saturated carbocycles. The summed E-state index contributed by atoms with van der Waals surface area (Å²) in [5.41, 5.74) is -1.56. The molecule has 0 atom stereocenters. The number of carbonyl (C=O) groups excluding carboxylic acids is 1. The maximum Gasteiger partial charge on any atom is 0.410 e. The first-order valence-corrected chi connectivity index (χ1v) is 6.78. The number of nitrogens with zero attached hydrogens (tertiary/aromatic N) is 3. The fourth-order valence-electron chi connectivity index (χ4n) is 2.15. The minimum absolute atomic E-state index is 0.339. The summed E-state index contributed by atoms with van der Waals surface area (Å²) in [6.45, 7) is 6.38. The lowest BCUT2D eigenvalue weighted by molar-refractivity contribution is -0.0409. The van der Waals surface area contributed by atoms with Crippen LogP contribution in [0.4, 0.5) is 4.79 Å². The van der Waals surface area contributed by atoms with Gasteiger partial charge in [0.05, 0.1) is 0 Å². The average Bonchev–Trinajstić information content (AvgIpc) is 2.38. The number of piperidine rings is 1. The van der Waals surface area contributed by atoms with Crippen molar-refractivity contribution in [3.05, 3.63) is 24.3 Å². The van der Waals surface area contributed by atoms with Crippen molar-refractivity contribution in [2.24, 2.45) is 0 Å². The third kappa shape index (κ3) is 3.45. The summed E-state index contributed by atoms with van der Waals surface area (Å²) in [5, 5.41) is 10.6. The van der Waals surface area contributed by atoms with E-state index in [4.69, 9.17) is 4.74 Å². The van der Waals surface area contributed by atoms with Crippen LogP contribution < -0.4 is 0 Å². The quantitative estimate of drug-likeness (QED) is 0.846. The maximum absolute atomic E-state index is 12.0. The van der Waals surface area contributed by atoms with E-state index in [1.54, 1.807) is 23.4 Å². The van der Waals surface area contributed by atoms with Gasteiger partial charge in [-0.2, -0.15) is 0 Å². The highest BCUT2D eigenvalue weighted by Gasteiger charge is 2.38. The Morgan fingerprint density at radius 1 is 1.30 bits per heavy atom. The molecule has 0 radical (unpaired) electrons. The molecule has 0 aliphatic carbocycles. The van der Waals surface area contributed by atoms with Gasteiger partial charge in [-0.15, -0.1) is 0 Å². The van der Waals surface area contributed by atoms with E-state index in [0.29, 0.717) is 31.8 Å². The number of aromatic nitrogens is 2. The Morgan fingerprint density at radius 3 is 2.35 bits per heavy atom. The molecule has 1 fully saturated rings. The molecule has 0 bridgehead atoms. The van der Waals surface area contributed by atoms with E-state index in [2.05, 4.69) is 9.97 Å². The molecule has 1 aliphatic rings. The van der Waals surface area contributed by atoms with Crippen LogP contribution in [0.2, 0.25) is 0 Å². The molecule has 0 spiro atoms. The Balaban J connectivity index is 1.97.